The Labute approximate surface area is 87.0 Å². The van der Waals surface area contributed by atoms with Crippen LogP contribution in [0, 0.1) is 6.92 Å². The van der Waals surface area contributed by atoms with Crippen LogP contribution in [0.25, 0.3) is 5.57 Å². The van der Waals surface area contributed by atoms with Crippen molar-refractivity contribution in [3.8, 4) is 0 Å². The van der Waals surface area contributed by atoms with Crippen LogP contribution in [0.4, 0.5) is 0 Å². The average Bonchev–Trinajstić information content (AvgIpc) is 2.16. The van der Waals surface area contributed by atoms with Gasteiger partial charge in [-0.3, -0.25) is 0 Å². The molecule has 0 saturated heterocycles. The minimum Gasteiger partial charge on any atom is -0.0958 e. The standard InChI is InChI=1S/C14H18/c1-10(2)12(4)13(5)14-9-7-6-8-11(14)3/h6-9H,1H2,2-5H3/b13-12+. The zero-order chi connectivity index (χ0) is 10.7. The Morgan fingerprint density at radius 2 is 1.64 bits per heavy atom. The summed E-state index contributed by atoms with van der Waals surface area (Å²) < 4.78 is 0. The van der Waals surface area contributed by atoms with Gasteiger partial charge in [-0.1, -0.05) is 36.4 Å². The fourth-order valence-corrected chi connectivity index (χ4v) is 1.52. The quantitative estimate of drug-likeness (QED) is 0.602. The normalized spacial score (nSPS) is 12.3. The van der Waals surface area contributed by atoms with Crippen molar-refractivity contribution >= 4 is 5.57 Å². The highest BCUT2D eigenvalue weighted by molar-refractivity contribution is 5.71. The van der Waals surface area contributed by atoms with Crippen molar-refractivity contribution in [2.45, 2.75) is 27.7 Å². The lowest BCUT2D eigenvalue weighted by Crippen LogP contribution is -1.89. The number of rotatable bonds is 2. The molecule has 0 nitrogen and oxygen atoms in total. The number of allylic oxidation sites excluding steroid dienone is 3. The van der Waals surface area contributed by atoms with Crippen LogP contribution in [0.2, 0.25) is 0 Å². The molecular weight excluding hydrogens is 168 g/mol. The van der Waals surface area contributed by atoms with Gasteiger partial charge in [-0.05, 0) is 50.0 Å². The molecule has 14 heavy (non-hydrogen) atoms. The highest BCUT2D eigenvalue weighted by atomic mass is 14.1. The van der Waals surface area contributed by atoms with Crippen LogP contribution in [0.3, 0.4) is 0 Å². The first-order valence-electron chi connectivity index (χ1n) is 4.93. The lowest BCUT2D eigenvalue weighted by atomic mass is 9.95. The molecule has 0 heterocycles. The maximum absolute atomic E-state index is 3.97. The molecule has 0 N–H and O–H groups in total. The van der Waals surface area contributed by atoms with Crippen molar-refractivity contribution in [1.82, 2.24) is 0 Å². The van der Waals surface area contributed by atoms with E-state index in [1.807, 2.05) is 0 Å². The van der Waals surface area contributed by atoms with Crippen molar-refractivity contribution in [1.29, 1.82) is 0 Å². The molecule has 1 aromatic carbocycles. The van der Waals surface area contributed by atoms with Crippen LogP contribution < -0.4 is 0 Å². The summed E-state index contributed by atoms with van der Waals surface area (Å²) in [6.07, 6.45) is 0. The zero-order valence-electron chi connectivity index (χ0n) is 9.52. The second kappa shape index (κ2) is 4.28. The Morgan fingerprint density at radius 3 is 2.14 bits per heavy atom. The van der Waals surface area contributed by atoms with E-state index in [1.54, 1.807) is 0 Å². The first-order chi connectivity index (χ1) is 6.54. The molecule has 0 amide bonds. The third-order valence-electron chi connectivity index (χ3n) is 2.75. The maximum Gasteiger partial charge on any atom is -0.0195 e. The van der Waals surface area contributed by atoms with E-state index in [2.05, 4.69) is 58.5 Å². The Kier molecular flexibility index (Phi) is 3.29. The Morgan fingerprint density at radius 1 is 1.07 bits per heavy atom. The fourth-order valence-electron chi connectivity index (χ4n) is 1.52. The first-order valence-corrected chi connectivity index (χ1v) is 4.93. The van der Waals surface area contributed by atoms with Gasteiger partial charge < -0.3 is 0 Å². The second-order valence-electron chi connectivity index (χ2n) is 3.85. The molecule has 0 aromatic heterocycles. The molecule has 0 fully saturated rings. The molecule has 0 aliphatic rings. The van der Waals surface area contributed by atoms with Crippen molar-refractivity contribution in [2.75, 3.05) is 0 Å². The van der Waals surface area contributed by atoms with E-state index in [1.165, 1.54) is 22.3 Å². The molecule has 0 radical (unpaired) electrons. The minimum absolute atomic E-state index is 1.14. The molecular formula is C14H18. The molecule has 0 atom stereocenters. The Hall–Kier alpha value is -1.30. The van der Waals surface area contributed by atoms with Crippen molar-refractivity contribution in [3.63, 3.8) is 0 Å². The molecule has 0 aliphatic carbocycles. The summed E-state index contributed by atoms with van der Waals surface area (Å²) in [6, 6.07) is 8.46. The SMILES string of the molecule is C=C(C)/C(C)=C(\C)c1ccccc1C. The van der Waals surface area contributed by atoms with Gasteiger partial charge in [0.25, 0.3) is 0 Å². The Balaban J connectivity index is 3.25. The van der Waals surface area contributed by atoms with Crippen LogP contribution in [-0.4, -0.2) is 0 Å². The monoisotopic (exact) mass is 186 g/mol. The van der Waals surface area contributed by atoms with Crippen molar-refractivity contribution in [3.05, 3.63) is 53.1 Å². The van der Waals surface area contributed by atoms with Gasteiger partial charge >= 0.3 is 0 Å². The van der Waals surface area contributed by atoms with Crippen LogP contribution in [0.15, 0.2) is 42.0 Å². The molecule has 0 saturated carbocycles. The number of aryl methyl sites for hydroxylation is 1. The van der Waals surface area contributed by atoms with Crippen LogP contribution in [-0.2, 0) is 0 Å². The van der Waals surface area contributed by atoms with Crippen LogP contribution in [0.1, 0.15) is 31.9 Å². The van der Waals surface area contributed by atoms with E-state index in [4.69, 9.17) is 0 Å². The van der Waals surface area contributed by atoms with Crippen molar-refractivity contribution in [2.24, 2.45) is 0 Å². The molecule has 74 valence electrons. The Bertz CT molecular complexity index is 381. The molecule has 1 aromatic rings. The topological polar surface area (TPSA) is 0 Å². The van der Waals surface area contributed by atoms with Gasteiger partial charge in [0.05, 0.1) is 0 Å². The first kappa shape index (κ1) is 10.8. The van der Waals surface area contributed by atoms with Gasteiger partial charge in [0, 0.05) is 0 Å². The summed E-state index contributed by atoms with van der Waals surface area (Å²) in [4.78, 5) is 0. The molecule has 0 spiro atoms. The predicted molar refractivity (Wildman–Crippen MR) is 64.3 cm³/mol. The lowest BCUT2D eigenvalue weighted by Gasteiger charge is -2.10. The van der Waals surface area contributed by atoms with E-state index < -0.39 is 0 Å². The summed E-state index contributed by atoms with van der Waals surface area (Å²) in [5, 5.41) is 0. The van der Waals surface area contributed by atoms with E-state index >= 15 is 0 Å². The van der Waals surface area contributed by atoms with E-state index in [0.717, 1.165) is 5.57 Å². The van der Waals surface area contributed by atoms with E-state index in [9.17, 15) is 0 Å². The summed E-state index contributed by atoms with van der Waals surface area (Å²) in [6.45, 7) is 12.5. The lowest BCUT2D eigenvalue weighted by molar-refractivity contribution is 1.32. The van der Waals surface area contributed by atoms with E-state index in [0.29, 0.717) is 0 Å². The second-order valence-corrected chi connectivity index (χ2v) is 3.85. The predicted octanol–water partition coefficient (Wildman–Crippen LogP) is 4.36. The zero-order valence-corrected chi connectivity index (χ0v) is 9.52. The van der Waals surface area contributed by atoms with Crippen molar-refractivity contribution < 1.29 is 0 Å². The largest absolute Gasteiger partial charge is 0.0958 e. The number of hydrogen-bond acceptors (Lipinski definition) is 0. The fraction of sp³-hybridized carbons (Fsp3) is 0.286. The van der Waals surface area contributed by atoms with Gasteiger partial charge in [0.2, 0.25) is 0 Å². The molecule has 0 aliphatic heterocycles. The number of hydrogen-bond donors (Lipinski definition) is 0. The number of benzene rings is 1. The van der Waals surface area contributed by atoms with Gasteiger partial charge in [-0.15, -0.1) is 0 Å². The highest BCUT2D eigenvalue weighted by Gasteiger charge is 2.03. The summed E-state index contributed by atoms with van der Waals surface area (Å²) in [5.74, 6) is 0. The smallest absolute Gasteiger partial charge is 0.0195 e. The van der Waals surface area contributed by atoms with Crippen LogP contribution in [0.5, 0.6) is 0 Å². The third kappa shape index (κ3) is 2.14. The average molecular weight is 186 g/mol. The highest BCUT2D eigenvalue weighted by Crippen LogP contribution is 2.24. The van der Waals surface area contributed by atoms with E-state index in [-0.39, 0.29) is 0 Å². The van der Waals surface area contributed by atoms with Crippen LogP contribution >= 0.6 is 0 Å². The van der Waals surface area contributed by atoms with Gasteiger partial charge in [-0.25, -0.2) is 0 Å². The molecule has 0 bridgehead atoms. The molecule has 0 heteroatoms. The maximum atomic E-state index is 3.97. The van der Waals surface area contributed by atoms with Gasteiger partial charge in [0.1, 0.15) is 0 Å². The molecule has 1 rings (SSSR count). The van der Waals surface area contributed by atoms with Gasteiger partial charge in [0.15, 0.2) is 0 Å². The summed E-state index contributed by atoms with van der Waals surface area (Å²) in [5.41, 5.74) is 6.42. The third-order valence-corrected chi connectivity index (χ3v) is 2.75. The summed E-state index contributed by atoms with van der Waals surface area (Å²) in [7, 11) is 0. The van der Waals surface area contributed by atoms with Gasteiger partial charge in [-0.2, -0.15) is 0 Å². The molecule has 0 unspecified atom stereocenters. The minimum atomic E-state index is 1.14. The summed E-state index contributed by atoms with van der Waals surface area (Å²) >= 11 is 0.